The number of hydrogen-bond donors (Lipinski definition) is 1. The molecular formula is C13H21ClN4. The first-order valence-corrected chi connectivity index (χ1v) is 6.96. The molecule has 5 heteroatoms. The van der Waals surface area contributed by atoms with Crippen LogP contribution in [0.5, 0.6) is 0 Å². The monoisotopic (exact) mass is 268 g/mol. The van der Waals surface area contributed by atoms with E-state index in [1.807, 2.05) is 14.0 Å². The van der Waals surface area contributed by atoms with Crippen LogP contribution in [0.3, 0.4) is 0 Å². The molecule has 100 valence electrons. The van der Waals surface area contributed by atoms with Crippen LogP contribution in [-0.4, -0.2) is 23.6 Å². The summed E-state index contributed by atoms with van der Waals surface area (Å²) in [6.07, 6.45) is 6.68. The minimum Gasteiger partial charge on any atom is -0.394 e. The fourth-order valence-corrected chi connectivity index (χ4v) is 2.87. The molecule has 2 N–H and O–H groups in total. The van der Waals surface area contributed by atoms with Crippen LogP contribution in [0, 0.1) is 12.8 Å². The summed E-state index contributed by atoms with van der Waals surface area (Å²) in [6.45, 7) is 2.86. The number of aryl methyl sites for hydroxylation is 1. The van der Waals surface area contributed by atoms with Crippen molar-refractivity contribution in [1.29, 1.82) is 0 Å². The topological polar surface area (TPSA) is 55.0 Å². The lowest BCUT2D eigenvalue weighted by Gasteiger charge is -2.28. The number of rotatable bonds is 3. The van der Waals surface area contributed by atoms with E-state index in [1.54, 1.807) is 0 Å². The van der Waals surface area contributed by atoms with Gasteiger partial charge in [-0.05, 0) is 37.3 Å². The number of nitrogen functional groups attached to an aromatic ring is 1. The van der Waals surface area contributed by atoms with Crippen molar-refractivity contribution in [1.82, 2.24) is 9.97 Å². The number of nitrogens with zero attached hydrogens (tertiary/aromatic N) is 3. The Kier molecular flexibility index (Phi) is 4.27. The smallest absolute Gasteiger partial charge is 0.224 e. The van der Waals surface area contributed by atoms with Crippen molar-refractivity contribution in [2.45, 2.75) is 39.0 Å². The molecule has 0 aromatic carbocycles. The quantitative estimate of drug-likeness (QED) is 0.856. The summed E-state index contributed by atoms with van der Waals surface area (Å²) in [6, 6.07) is 0. The second-order valence-electron chi connectivity index (χ2n) is 5.20. The summed E-state index contributed by atoms with van der Waals surface area (Å²) in [5, 5.41) is 0.271. The van der Waals surface area contributed by atoms with Crippen molar-refractivity contribution >= 4 is 23.1 Å². The fraction of sp³-hybridized carbons (Fsp3) is 0.692. The molecule has 1 saturated carbocycles. The summed E-state index contributed by atoms with van der Waals surface area (Å²) >= 11 is 5.90. The molecule has 0 unspecified atom stereocenters. The maximum atomic E-state index is 6.03. The Bertz CT molecular complexity index is 416. The standard InChI is InChI=1S/C13H21ClN4/c1-9-11(15)12(17-13(14)16-9)18(2)8-10-6-4-3-5-7-10/h10H,3-8,15H2,1-2H3. The number of nitrogens with two attached hydrogens (primary N) is 1. The van der Waals surface area contributed by atoms with Gasteiger partial charge < -0.3 is 10.6 Å². The third kappa shape index (κ3) is 3.05. The van der Waals surface area contributed by atoms with E-state index in [1.165, 1.54) is 32.1 Å². The molecule has 4 nitrogen and oxygen atoms in total. The molecule has 1 aliphatic rings. The number of hydrogen-bond acceptors (Lipinski definition) is 4. The zero-order valence-corrected chi connectivity index (χ0v) is 11.9. The Hall–Kier alpha value is -1.03. The predicted molar refractivity (Wildman–Crippen MR) is 76.0 cm³/mol. The number of aromatic nitrogens is 2. The van der Waals surface area contributed by atoms with E-state index in [0.29, 0.717) is 5.69 Å². The van der Waals surface area contributed by atoms with Gasteiger partial charge in [0, 0.05) is 13.6 Å². The first kappa shape index (κ1) is 13.4. The lowest BCUT2D eigenvalue weighted by Crippen LogP contribution is -2.28. The number of halogens is 1. The minimum absolute atomic E-state index is 0.271. The molecule has 0 atom stereocenters. The molecule has 1 aromatic heterocycles. The molecule has 1 fully saturated rings. The lowest BCUT2D eigenvalue weighted by atomic mass is 9.89. The van der Waals surface area contributed by atoms with Crippen LogP contribution in [-0.2, 0) is 0 Å². The molecule has 1 heterocycles. The first-order chi connectivity index (χ1) is 8.58. The highest BCUT2D eigenvalue weighted by Crippen LogP contribution is 2.28. The van der Waals surface area contributed by atoms with Crippen molar-refractivity contribution in [2.75, 3.05) is 24.2 Å². The Morgan fingerprint density at radius 3 is 2.61 bits per heavy atom. The molecular weight excluding hydrogens is 248 g/mol. The highest BCUT2D eigenvalue weighted by atomic mass is 35.5. The normalized spacial score (nSPS) is 16.8. The van der Waals surface area contributed by atoms with Crippen LogP contribution < -0.4 is 10.6 Å². The summed E-state index contributed by atoms with van der Waals surface area (Å²) in [7, 11) is 2.03. The minimum atomic E-state index is 0.271. The van der Waals surface area contributed by atoms with Gasteiger partial charge >= 0.3 is 0 Å². The third-order valence-electron chi connectivity index (χ3n) is 3.71. The Morgan fingerprint density at radius 1 is 1.28 bits per heavy atom. The largest absolute Gasteiger partial charge is 0.394 e. The Labute approximate surface area is 114 Å². The molecule has 0 aliphatic heterocycles. The summed E-state index contributed by atoms with van der Waals surface area (Å²) in [5.74, 6) is 1.51. The zero-order chi connectivity index (χ0) is 13.1. The predicted octanol–water partition coefficient (Wildman–Crippen LogP) is 3.04. The molecule has 1 aliphatic carbocycles. The van der Waals surface area contributed by atoms with Gasteiger partial charge in [0.25, 0.3) is 0 Å². The van der Waals surface area contributed by atoms with Gasteiger partial charge in [0.15, 0.2) is 5.82 Å². The number of anilines is 2. The van der Waals surface area contributed by atoms with Gasteiger partial charge in [-0.1, -0.05) is 19.3 Å². The maximum Gasteiger partial charge on any atom is 0.224 e. The van der Waals surface area contributed by atoms with E-state index in [0.717, 1.165) is 24.0 Å². The van der Waals surface area contributed by atoms with Crippen molar-refractivity contribution < 1.29 is 0 Å². The molecule has 0 amide bonds. The Morgan fingerprint density at radius 2 is 1.94 bits per heavy atom. The van der Waals surface area contributed by atoms with Crippen LogP contribution in [0.15, 0.2) is 0 Å². The molecule has 1 aromatic rings. The third-order valence-corrected chi connectivity index (χ3v) is 3.88. The molecule has 0 bridgehead atoms. The van der Waals surface area contributed by atoms with Crippen LogP contribution in [0.4, 0.5) is 11.5 Å². The van der Waals surface area contributed by atoms with E-state index >= 15 is 0 Å². The van der Waals surface area contributed by atoms with E-state index in [4.69, 9.17) is 17.3 Å². The summed E-state index contributed by atoms with van der Waals surface area (Å²) < 4.78 is 0. The summed E-state index contributed by atoms with van der Waals surface area (Å²) in [4.78, 5) is 10.4. The van der Waals surface area contributed by atoms with Gasteiger partial charge in [0.2, 0.25) is 5.28 Å². The average molecular weight is 269 g/mol. The van der Waals surface area contributed by atoms with Crippen molar-refractivity contribution in [3.05, 3.63) is 11.0 Å². The van der Waals surface area contributed by atoms with Crippen LogP contribution in [0.2, 0.25) is 5.28 Å². The maximum absolute atomic E-state index is 6.03. The fourth-order valence-electron chi connectivity index (χ4n) is 2.67. The van der Waals surface area contributed by atoms with Gasteiger partial charge in [0.05, 0.1) is 11.4 Å². The molecule has 0 spiro atoms. The van der Waals surface area contributed by atoms with Crippen LogP contribution in [0.25, 0.3) is 0 Å². The van der Waals surface area contributed by atoms with E-state index < -0.39 is 0 Å². The second-order valence-corrected chi connectivity index (χ2v) is 5.54. The van der Waals surface area contributed by atoms with E-state index in [-0.39, 0.29) is 5.28 Å². The lowest BCUT2D eigenvalue weighted by molar-refractivity contribution is 0.361. The van der Waals surface area contributed by atoms with Gasteiger partial charge in [-0.15, -0.1) is 0 Å². The molecule has 2 rings (SSSR count). The SMILES string of the molecule is Cc1nc(Cl)nc(N(C)CC2CCCCC2)c1N. The molecule has 18 heavy (non-hydrogen) atoms. The molecule has 0 radical (unpaired) electrons. The second kappa shape index (κ2) is 5.74. The van der Waals surface area contributed by atoms with Gasteiger partial charge in [0.1, 0.15) is 0 Å². The van der Waals surface area contributed by atoms with Crippen LogP contribution >= 0.6 is 11.6 Å². The summed E-state index contributed by atoms with van der Waals surface area (Å²) in [5.41, 5.74) is 7.42. The highest BCUT2D eigenvalue weighted by molar-refractivity contribution is 6.28. The van der Waals surface area contributed by atoms with Gasteiger partial charge in [-0.3, -0.25) is 0 Å². The molecule has 0 saturated heterocycles. The first-order valence-electron chi connectivity index (χ1n) is 6.58. The highest BCUT2D eigenvalue weighted by Gasteiger charge is 2.18. The average Bonchev–Trinajstić information content (AvgIpc) is 2.35. The van der Waals surface area contributed by atoms with E-state index in [2.05, 4.69) is 14.9 Å². The van der Waals surface area contributed by atoms with Gasteiger partial charge in [-0.25, -0.2) is 4.98 Å². The van der Waals surface area contributed by atoms with E-state index in [9.17, 15) is 0 Å². The van der Waals surface area contributed by atoms with Crippen molar-refractivity contribution in [2.24, 2.45) is 5.92 Å². The van der Waals surface area contributed by atoms with Crippen molar-refractivity contribution in [3.63, 3.8) is 0 Å². The van der Waals surface area contributed by atoms with Crippen LogP contribution in [0.1, 0.15) is 37.8 Å². The van der Waals surface area contributed by atoms with Crippen molar-refractivity contribution in [3.8, 4) is 0 Å². The Balaban J connectivity index is 2.10. The van der Waals surface area contributed by atoms with Gasteiger partial charge in [-0.2, -0.15) is 4.98 Å². The zero-order valence-electron chi connectivity index (χ0n) is 11.1.